The number of hydrogen-bond donors (Lipinski definition) is 1. The summed E-state index contributed by atoms with van der Waals surface area (Å²) in [6.45, 7) is 2.51. The number of aryl methyl sites for hydroxylation is 1. The molecule has 0 amide bonds. The Kier molecular flexibility index (Phi) is 4.01. The van der Waals surface area contributed by atoms with E-state index in [1.54, 1.807) is 12.3 Å². The third-order valence-corrected chi connectivity index (χ3v) is 3.97. The molecule has 0 aliphatic carbocycles. The van der Waals surface area contributed by atoms with Crippen LogP contribution in [0.4, 0.5) is 10.1 Å². The fraction of sp³-hybridized carbons (Fsp3) is 0.182. The maximum atomic E-state index is 13.4. The Hall–Kier alpha value is -0.650. The maximum absolute atomic E-state index is 13.4. The Labute approximate surface area is 116 Å². The standard InChI is InChI=1S/C11H9BrClFN2S/c1-6-2-8(12)9(14)3-10(6)15-4-7-5-16-11(13)17-7/h2-3,5,15H,4H2,1H3. The van der Waals surface area contributed by atoms with Crippen molar-refractivity contribution in [1.29, 1.82) is 0 Å². The molecule has 0 spiro atoms. The summed E-state index contributed by atoms with van der Waals surface area (Å²) in [5.41, 5.74) is 1.75. The van der Waals surface area contributed by atoms with Gasteiger partial charge in [-0.3, -0.25) is 0 Å². The van der Waals surface area contributed by atoms with E-state index in [4.69, 9.17) is 11.6 Å². The molecule has 17 heavy (non-hydrogen) atoms. The van der Waals surface area contributed by atoms with Crippen molar-refractivity contribution in [3.63, 3.8) is 0 Å². The van der Waals surface area contributed by atoms with Crippen molar-refractivity contribution in [3.05, 3.63) is 43.5 Å². The molecule has 0 saturated heterocycles. The van der Waals surface area contributed by atoms with Crippen LogP contribution in [0.5, 0.6) is 0 Å². The molecule has 2 aromatic rings. The van der Waals surface area contributed by atoms with Crippen LogP contribution in [-0.2, 0) is 6.54 Å². The van der Waals surface area contributed by atoms with Gasteiger partial charge in [-0.05, 0) is 40.5 Å². The van der Waals surface area contributed by atoms with Gasteiger partial charge in [0.25, 0.3) is 0 Å². The molecule has 2 nitrogen and oxygen atoms in total. The zero-order valence-corrected chi connectivity index (χ0v) is 12.1. The summed E-state index contributed by atoms with van der Waals surface area (Å²) in [5, 5.41) is 3.16. The summed E-state index contributed by atoms with van der Waals surface area (Å²) in [4.78, 5) is 4.96. The Morgan fingerprint density at radius 3 is 2.94 bits per heavy atom. The summed E-state index contributed by atoms with van der Waals surface area (Å²) in [6.07, 6.45) is 1.71. The van der Waals surface area contributed by atoms with Crippen molar-refractivity contribution < 1.29 is 4.39 Å². The second-order valence-corrected chi connectivity index (χ2v) is 6.07. The fourth-order valence-electron chi connectivity index (χ4n) is 1.38. The zero-order chi connectivity index (χ0) is 12.4. The number of benzene rings is 1. The average Bonchev–Trinajstić information content (AvgIpc) is 2.68. The Bertz CT molecular complexity index is 544. The van der Waals surface area contributed by atoms with Crippen molar-refractivity contribution in [2.75, 3.05) is 5.32 Å². The van der Waals surface area contributed by atoms with Gasteiger partial charge in [-0.25, -0.2) is 9.37 Å². The van der Waals surface area contributed by atoms with Gasteiger partial charge < -0.3 is 5.32 Å². The largest absolute Gasteiger partial charge is 0.380 e. The number of aromatic nitrogens is 1. The second-order valence-electron chi connectivity index (χ2n) is 3.51. The molecule has 0 fully saturated rings. The summed E-state index contributed by atoms with van der Waals surface area (Å²) in [5.74, 6) is -0.277. The molecule has 0 atom stereocenters. The molecule has 1 aromatic heterocycles. The quantitative estimate of drug-likeness (QED) is 0.885. The van der Waals surface area contributed by atoms with E-state index < -0.39 is 0 Å². The lowest BCUT2D eigenvalue weighted by Gasteiger charge is -2.09. The van der Waals surface area contributed by atoms with E-state index in [0.29, 0.717) is 15.5 Å². The SMILES string of the molecule is Cc1cc(Br)c(F)cc1NCc1cnc(Cl)s1. The van der Waals surface area contributed by atoms with Crippen LogP contribution >= 0.6 is 38.9 Å². The molecule has 0 saturated carbocycles. The summed E-state index contributed by atoms with van der Waals surface area (Å²) in [6, 6.07) is 3.22. The first-order valence-corrected chi connectivity index (χ1v) is 6.84. The number of anilines is 1. The van der Waals surface area contributed by atoms with Gasteiger partial charge in [-0.1, -0.05) is 11.6 Å². The summed E-state index contributed by atoms with van der Waals surface area (Å²) >= 11 is 10.3. The molecule has 0 radical (unpaired) electrons. The third-order valence-electron chi connectivity index (χ3n) is 2.25. The highest BCUT2D eigenvalue weighted by atomic mass is 79.9. The Morgan fingerprint density at radius 2 is 2.29 bits per heavy atom. The lowest BCUT2D eigenvalue weighted by atomic mass is 10.2. The fourth-order valence-corrected chi connectivity index (χ4v) is 2.76. The zero-order valence-electron chi connectivity index (χ0n) is 8.93. The molecule has 1 N–H and O–H groups in total. The lowest BCUT2D eigenvalue weighted by Crippen LogP contribution is -2.00. The first-order chi connectivity index (χ1) is 8.06. The molecule has 6 heteroatoms. The van der Waals surface area contributed by atoms with Gasteiger partial charge in [-0.15, -0.1) is 11.3 Å². The summed E-state index contributed by atoms with van der Waals surface area (Å²) in [7, 11) is 0. The van der Waals surface area contributed by atoms with E-state index in [2.05, 4.69) is 26.2 Å². The van der Waals surface area contributed by atoms with Crippen LogP contribution in [0.15, 0.2) is 22.8 Å². The molecule has 1 aromatic carbocycles. The molecule has 0 unspecified atom stereocenters. The number of thiazole rings is 1. The number of halogens is 3. The smallest absolute Gasteiger partial charge is 0.183 e. The third kappa shape index (κ3) is 3.18. The van der Waals surface area contributed by atoms with E-state index in [1.165, 1.54) is 17.4 Å². The normalized spacial score (nSPS) is 10.6. The molecule has 0 aliphatic rings. The Balaban J connectivity index is 2.11. The second kappa shape index (κ2) is 5.33. The van der Waals surface area contributed by atoms with Crippen LogP contribution in [0.25, 0.3) is 0 Å². The van der Waals surface area contributed by atoms with Gasteiger partial charge in [-0.2, -0.15) is 0 Å². The van der Waals surface area contributed by atoms with Crippen LogP contribution in [-0.4, -0.2) is 4.98 Å². The van der Waals surface area contributed by atoms with Gasteiger partial charge in [0.2, 0.25) is 0 Å². The van der Waals surface area contributed by atoms with E-state index in [-0.39, 0.29) is 5.82 Å². The highest BCUT2D eigenvalue weighted by Crippen LogP contribution is 2.25. The first kappa shape index (κ1) is 12.8. The molecular weight excluding hydrogens is 327 g/mol. The van der Waals surface area contributed by atoms with Crippen LogP contribution in [0.3, 0.4) is 0 Å². The van der Waals surface area contributed by atoms with Crippen molar-refractivity contribution in [2.24, 2.45) is 0 Å². The van der Waals surface area contributed by atoms with Crippen molar-refractivity contribution in [3.8, 4) is 0 Å². The first-order valence-electron chi connectivity index (χ1n) is 4.86. The molecule has 2 rings (SSSR count). The monoisotopic (exact) mass is 334 g/mol. The van der Waals surface area contributed by atoms with Crippen LogP contribution in [0, 0.1) is 12.7 Å². The minimum absolute atomic E-state index is 0.277. The predicted molar refractivity (Wildman–Crippen MR) is 73.3 cm³/mol. The lowest BCUT2D eigenvalue weighted by molar-refractivity contribution is 0.621. The van der Waals surface area contributed by atoms with Gasteiger partial charge >= 0.3 is 0 Å². The number of nitrogens with one attached hydrogen (secondary N) is 1. The van der Waals surface area contributed by atoms with Crippen molar-refractivity contribution in [1.82, 2.24) is 4.98 Å². The summed E-state index contributed by atoms with van der Waals surface area (Å²) < 4.78 is 14.4. The Morgan fingerprint density at radius 1 is 1.53 bits per heavy atom. The van der Waals surface area contributed by atoms with Gasteiger partial charge in [0, 0.05) is 16.8 Å². The molecule has 0 bridgehead atoms. The average molecular weight is 336 g/mol. The van der Waals surface area contributed by atoms with E-state index >= 15 is 0 Å². The topological polar surface area (TPSA) is 24.9 Å². The predicted octanol–water partition coefficient (Wildman–Crippen LogP) is 4.62. The number of hydrogen-bond acceptors (Lipinski definition) is 3. The molecule has 0 aliphatic heterocycles. The van der Waals surface area contributed by atoms with Gasteiger partial charge in [0.15, 0.2) is 4.47 Å². The highest BCUT2D eigenvalue weighted by molar-refractivity contribution is 9.10. The van der Waals surface area contributed by atoms with Gasteiger partial charge in [0.05, 0.1) is 11.0 Å². The molecular formula is C11H9BrClFN2S. The van der Waals surface area contributed by atoms with Crippen LogP contribution < -0.4 is 5.32 Å². The minimum atomic E-state index is -0.277. The van der Waals surface area contributed by atoms with Gasteiger partial charge in [0.1, 0.15) is 5.82 Å². The molecule has 90 valence electrons. The van der Waals surface area contributed by atoms with Crippen LogP contribution in [0.2, 0.25) is 4.47 Å². The van der Waals surface area contributed by atoms with E-state index in [0.717, 1.165) is 16.1 Å². The van der Waals surface area contributed by atoms with Crippen molar-refractivity contribution in [2.45, 2.75) is 13.5 Å². The van der Waals surface area contributed by atoms with Crippen molar-refractivity contribution >= 4 is 44.6 Å². The van der Waals surface area contributed by atoms with Crippen LogP contribution in [0.1, 0.15) is 10.4 Å². The molecule has 1 heterocycles. The number of rotatable bonds is 3. The highest BCUT2D eigenvalue weighted by Gasteiger charge is 2.06. The minimum Gasteiger partial charge on any atom is -0.380 e. The number of nitrogens with zero attached hydrogens (tertiary/aromatic N) is 1. The van der Waals surface area contributed by atoms with E-state index in [9.17, 15) is 4.39 Å². The van der Waals surface area contributed by atoms with E-state index in [1.807, 2.05) is 6.92 Å². The maximum Gasteiger partial charge on any atom is 0.183 e.